The van der Waals surface area contributed by atoms with E-state index in [1.807, 2.05) is 38.1 Å². The topological polar surface area (TPSA) is 85.3 Å². The van der Waals surface area contributed by atoms with E-state index in [0.29, 0.717) is 33.8 Å². The molecule has 0 saturated heterocycles. The Morgan fingerprint density at radius 1 is 1.13 bits per heavy atom. The summed E-state index contributed by atoms with van der Waals surface area (Å²) in [6.45, 7) is 3.72. The molecular formula is C23H22N2O4S. The Hall–Kier alpha value is -2.90. The zero-order valence-electron chi connectivity index (χ0n) is 16.8. The third-order valence-corrected chi connectivity index (χ3v) is 6.17. The number of aromatic nitrogens is 2. The van der Waals surface area contributed by atoms with Gasteiger partial charge in [-0.3, -0.25) is 9.36 Å². The number of benzene rings is 2. The molecular weight excluding hydrogens is 400 g/mol. The first-order chi connectivity index (χ1) is 14.5. The van der Waals surface area contributed by atoms with Crippen LogP contribution in [0, 0.1) is 6.92 Å². The van der Waals surface area contributed by atoms with E-state index in [0.717, 1.165) is 16.5 Å². The van der Waals surface area contributed by atoms with Crippen molar-refractivity contribution in [1.82, 2.24) is 9.55 Å². The van der Waals surface area contributed by atoms with Gasteiger partial charge in [0.2, 0.25) is 0 Å². The third-order valence-electron chi connectivity index (χ3n) is 5.17. The summed E-state index contributed by atoms with van der Waals surface area (Å²) in [5.41, 5.74) is 2.41. The zero-order valence-corrected chi connectivity index (χ0v) is 17.6. The number of fused-ring (bicyclic) bond motifs is 2. The van der Waals surface area contributed by atoms with Crippen molar-refractivity contribution in [1.29, 1.82) is 0 Å². The van der Waals surface area contributed by atoms with Gasteiger partial charge in [0.25, 0.3) is 5.56 Å². The average Bonchev–Trinajstić information content (AvgIpc) is 2.74. The number of aryl methyl sites for hydroxylation is 1. The number of aliphatic hydroxyl groups excluding tert-OH is 1. The van der Waals surface area contributed by atoms with Crippen molar-refractivity contribution in [2.45, 2.75) is 37.2 Å². The van der Waals surface area contributed by atoms with Gasteiger partial charge in [-0.2, -0.15) is 0 Å². The Kier molecular flexibility index (Phi) is 5.74. The molecule has 1 N–H and O–H groups in total. The first kappa shape index (κ1) is 20.4. The first-order valence-corrected chi connectivity index (χ1v) is 10.8. The maximum atomic E-state index is 13.2. The van der Waals surface area contributed by atoms with Gasteiger partial charge in [-0.05, 0) is 42.7 Å². The second-order valence-corrected chi connectivity index (χ2v) is 8.15. The summed E-state index contributed by atoms with van der Waals surface area (Å²) in [7, 11) is 0. The van der Waals surface area contributed by atoms with Crippen molar-refractivity contribution in [3.05, 3.63) is 80.4 Å². The highest BCUT2D eigenvalue weighted by atomic mass is 32.2. The molecule has 0 aliphatic carbocycles. The van der Waals surface area contributed by atoms with E-state index in [1.165, 1.54) is 17.8 Å². The van der Waals surface area contributed by atoms with Crippen LogP contribution < -0.4 is 11.2 Å². The third kappa shape index (κ3) is 3.78. The normalized spacial score (nSPS) is 12.5. The Morgan fingerprint density at radius 3 is 2.70 bits per heavy atom. The van der Waals surface area contributed by atoms with E-state index in [-0.39, 0.29) is 18.2 Å². The van der Waals surface area contributed by atoms with Crippen LogP contribution in [0.15, 0.2) is 67.7 Å². The molecule has 30 heavy (non-hydrogen) atoms. The van der Waals surface area contributed by atoms with Gasteiger partial charge in [0, 0.05) is 17.2 Å². The molecule has 4 rings (SSSR count). The van der Waals surface area contributed by atoms with Gasteiger partial charge in [-0.1, -0.05) is 43.0 Å². The van der Waals surface area contributed by atoms with Gasteiger partial charge < -0.3 is 9.52 Å². The quantitative estimate of drug-likeness (QED) is 0.287. The van der Waals surface area contributed by atoms with E-state index in [1.54, 1.807) is 22.8 Å². The summed E-state index contributed by atoms with van der Waals surface area (Å²) in [6, 6.07) is 14.1. The molecule has 0 fully saturated rings. The number of hydrogen-bond acceptors (Lipinski definition) is 6. The summed E-state index contributed by atoms with van der Waals surface area (Å²) in [4.78, 5) is 29.9. The van der Waals surface area contributed by atoms with Crippen LogP contribution in [0.1, 0.15) is 30.5 Å². The fourth-order valence-electron chi connectivity index (χ4n) is 3.54. The molecule has 2 heterocycles. The Morgan fingerprint density at radius 2 is 1.93 bits per heavy atom. The van der Waals surface area contributed by atoms with Crippen molar-refractivity contribution < 1.29 is 9.52 Å². The minimum absolute atomic E-state index is 0.152. The molecule has 0 bridgehead atoms. The van der Waals surface area contributed by atoms with Gasteiger partial charge in [-0.15, -0.1) is 0 Å². The van der Waals surface area contributed by atoms with E-state index in [4.69, 9.17) is 9.40 Å². The Balaban J connectivity index is 1.81. The number of hydrogen-bond donors (Lipinski definition) is 1. The number of aliphatic hydroxyl groups is 1. The van der Waals surface area contributed by atoms with Crippen molar-refractivity contribution in [2.24, 2.45) is 0 Å². The van der Waals surface area contributed by atoms with Gasteiger partial charge >= 0.3 is 5.63 Å². The van der Waals surface area contributed by atoms with E-state index in [2.05, 4.69) is 0 Å². The monoisotopic (exact) mass is 422 g/mol. The molecule has 154 valence electrons. The predicted molar refractivity (Wildman–Crippen MR) is 119 cm³/mol. The molecule has 0 aliphatic heterocycles. The Bertz CT molecular complexity index is 1340. The fourth-order valence-corrected chi connectivity index (χ4v) is 4.60. The predicted octanol–water partition coefficient (Wildman–Crippen LogP) is 4.05. The number of rotatable bonds is 6. The lowest BCUT2D eigenvalue weighted by atomic mass is 10.1. The van der Waals surface area contributed by atoms with E-state index in [9.17, 15) is 14.7 Å². The van der Waals surface area contributed by atoms with Crippen LogP contribution in [-0.2, 0) is 5.75 Å². The van der Waals surface area contributed by atoms with Crippen LogP contribution in [-0.4, -0.2) is 21.3 Å². The Labute approximate surface area is 177 Å². The first-order valence-electron chi connectivity index (χ1n) is 9.80. The molecule has 1 atom stereocenters. The van der Waals surface area contributed by atoms with Crippen molar-refractivity contribution in [3.63, 3.8) is 0 Å². The molecule has 6 nitrogen and oxygen atoms in total. The summed E-state index contributed by atoms with van der Waals surface area (Å²) < 4.78 is 6.91. The zero-order chi connectivity index (χ0) is 21.3. The van der Waals surface area contributed by atoms with Crippen LogP contribution in [0.25, 0.3) is 21.9 Å². The van der Waals surface area contributed by atoms with Crippen LogP contribution >= 0.6 is 11.8 Å². The molecule has 0 aliphatic rings. The summed E-state index contributed by atoms with van der Waals surface area (Å²) in [6.07, 6.45) is 0.598. The largest absolute Gasteiger partial charge is 0.423 e. The smallest absolute Gasteiger partial charge is 0.336 e. The van der Waals surface area contributed by atoms with E-state index >= 15 is 0 Å². The molecule has 0 spiro atoms. The minimum Gasteiger partial charge on any atom is -0.423 e. The SMILES string of the molecule is CC[C@H](CO)n1c(SCc2cc(=O)oc3cc(C)ccc23)nc2ccccc2c1=O. The standard InChI is InChI=1S/C23H22N2O4S/c1-3-16(12-26)25-22(28)18-6-4-5-7-19(18)24-23(25)30-13-15-11-21(27)29-20-10-14(2)8-9-17(15)20/h4-11,16,26H,3,12-13H2,1-2H3/t16-/m1/s1. The van der Waals surface area contributed by atoms with Crippen LogP contribution in [0.3, 0.4) is 0 Å². The highest BCUT2D eigenvalue weighted by Crippen LogP contribution is 2.28. The summed E-state index contributed by atoms with van der Waals surface area (Å²) >= 11 is 1.38. The van der Waals surface area contributed by atoms with Gasteiger partial charge in [0.15, 0.2) is 5.16 Å². The highest BCUT2D eigenvalue weighted by Gasteiger charge is 2.18. The molecule has 4 aromatic rings. The maximum Gasteiger partial charge on any atom is 0.336 e. The minimum atomic E-state index is -0.408. The molecule has 0 saturated carbocycles. The lowest BCUT2D eigenvalue weighted by Crippen LogP contribution is -2.29. The van der Waals surface area contributed by atoms with Gasteiger partial charge in [0.1, 0.15) is 5.58 Å². The summed E-state index contributed by atoms with van der Waals surface area (Å²) in [5, 5.41) is 11.7. The van der Waals surface area contributed by atoms with Crippen molar-refractivity contribution >= 4 is 33.6 Å². The number of thioether (sulfide) groups is 1. The highest BCUT2D eigenvalue weighted by molar-refractivity contribution is 7.98. The van der Waals surface area contributed by atoms with Crippen LogP contribution in [0.2, 0.25) is 0 Å². The molecule has 2 aromatic carbocycles. The maximum absolute atomic E-state index is 13.2. The second kappa shape index (κ2) is 8.45. The van der Waals surface area contributed by atoms with Crippen molar-refractivity contribution in [2.75, 3.05) is 6.61 Å². The van der Waals surface area contributed by atoms with Crippen molar-refractivity contribution in [3.8, 4) is 0 Å². The fraction of sp³-hybridized carbons (Fsp3) is 0.261. The van der Waals surface area contributed by atoms with Gasteiger partial charge in [-0.25, -0.2) is 9.78 Å². The molecule has 2 aromatic heterocycles. The lowest BCUT2D eigenvalue weighted by molar-refractivity contribution is 0.213. The van der Waals surface area contributed by atoms with Crippen LogP contribution in [0.5, 0.6) is 0 Å². The van der Waals surface area contributed by atoms with Crippen LogP contribution in [0.4, 0.5) is 0 Å². The lowest BCUT2D eigenvalue weighted by Gasteiger charge is -2.20. The van der Waals surface area contributed by atoms with E-state index < -0.39 is 5.63 Å². The van der Waals surface area contributed by atoms with Gasteiger partial charge in [0.05, 0.1) is 23.6 Å². The number of nitrogens with zero attached hydrogens (tertiary/aromatic N) is 2. The molecule has 0 radical (unpaired) electrons. The molecule has 0 unspecified atom stereocenters. The second-order valence-electron chi connectivity index (χ2n) is 7.21. The number of para-hydroxylation sites is 1. The summed E-state index contributed by atoms with van der Waals surface area (Å²) in [5.74, 6) is 0.442. The average molecular weight is 423 g/mol. The molecule has 0 amide bonds. The molecule has 7 heteroatoms.